The highest BCUT2D eigenvalue weighted by Crippen LogP contribution is 2.43. The molecule has 3 aromatic carbocycles. The molecule has 2 aliphatic rings. The van der Waals surface area contributed by atoms with Gasteiger partial charge in [0.05, 0.1) is 18.7 Å². The number of fused-ring (bicyclic) bond motifs is 2. The summed E-state index contributed by atoms with van der Waals surface area (Å²) in [5.74, 6) is -0.649. The standard InChI is InChI=1S/C27H25NO3/c29-25(22-15-14-20-10-4-5-11-21(20)16-22)17-27(31)23-12-6-7-13-24(23)28(26(27)30)18-19-8-2-1-3-9-19/h1-3,6-9,12-16,31H,4-5,10-11,17-18H2/t27-/m1/s1. The fourth-order valence-corrected chi connectivity index (χ4v) is 4.84. The average molecular weight is 412 g/mol. The lowest BCUT2D eigenvalue weighted by Crippen LogP contribution is -2.41. The number of hydrogen-bond donors (Lipinski definition) is 1. The van der Waals surface area contributed by atoms with E-state index in [9.17, 15) is 14.7 Å². The fraction of sp³-hybridized carbons (Fsp3) is 0.259. The maximum Gasteiger partial charge on any atom is 0.264 e. The van der Waals surface area contributed by atoms with Crippen LogP contribution in [0.4, 0.5) is 5.69 Å². The minimum atomic E-state index is -1.85. The van der Waals surface area contributed by atoms with Gasteiger partial charge in [0, 0.05) is 11.1 Å². The average Bonchev–Trinajstić information content (AvgIpc) is 3.01. The summed E-state index contributed by atoms with van der Waals surface area (Å²) in [5, 5.41) is 11.5. The third-order valence-electron chi connectivity index (χ3n) is 6.51. The second kappa shape index (κ2) is 7.78. The van der Waals surface area contributed by atoms with E-state index in [2.05, 4.69) is 0 Å². The molecule has 1 heterocycles. The van der Waals surface area contributed by atoms with Crippen LogP contribution in [0.5, 0.6) is 0 Å². The zero-order valence-electron chi connectivity index (χ0n) is 17.4. The molecule has 0 spiro atoms. The summed E-state index contributed by atoms with van der Waals surface area (Å²) in [5.41, 5.74) is 3.38. The highest BCUT2D eigenvalue weighted by Gasteiger charge is 2.50. The number of ketones is 1. The van der Waals surface area contributed by atoms with Gasteiger partial charge in [0.1, 0.15) is 0 Å². The number of Topliss-reactive ketones (excluding diaryl/α,β-unsaturated/α-hetero) is 1. The summed E-state index contributed by atoms with van der Waals surface area (Å²) >= 11 is 0. The third kappa shape index (κ3) is 3.47. The van der Waals surface area contributed by atoms with Crippen molar-refractivity contribution in [3.05, 3.63) is 101 Å². The van der Waals surface area contributed by atoms with Crippen LogP contribution in [-0.2, 0) is 29.8 Å². The molecule has 4 heteroatoms. The Kier molecular flexibility index (Phi) is 4.95. The molecule has 0 aromatic heterocycles. The van der Waals surface area contributed by atoms with Crippen molar-refractivity contribution >= 4 is 17.4 Å². The molecule has 0 radical (unpaired) electrons. The quantitative estimate of drug-likeness (QED) is 0.626. The molecular formula is C27H25NO3. The summed E-state index contributed by atoms with van der Waals surface area (Å²) in [6, 6.07) is 22.7. The largest absolute Gasteiger partial charge is 0.375 e. The normalized spacial score (nSPS) is 19.8. The number of rotatable bonds is 5. The number of carbonyl (C=O) groups is 2. The fourth-order valence-electron chi connectivity index (χ4n) is 4.84. The number of anilines is 1. The molecule has 0 bridgehead atoms. The Labute approximate surface area is 182 Å². The van der Waals surface area contributed by atoms with E-state index in [1.165, 1.54) is 17.5 Å². The molecule has 0 saturated carbocycles. The van der Waals surface area contributed by atoms with Crippen LogP contribution >= 0.6 is 0 Å². The van der Waals surface area contributed by atoms with Crippen LogP contribution in [0.2, 0.25) is 0 Å². The first-order valence-corrected chi connectivity index (χ1v) is 10.9. The first-order chi connectivity index (χ1) is 15.1. The van der Waals surface area contributed by atoms with Crippen molar-refractivity contribution in [1.29, 1.82) is 0 Å². The SMILES string of the molecule is O=C(C[C@]1(O)C(=O)N(Cc2ccccc2)c2ccccc21)c1ccc2c(c1)CCCC2. The molecule has 3 aromatic rings. The Balaban J connectivity index is 1.45. The van der Waals surface area contributed by atoms with Crippen LogP contribution < -0.4 is 4.90 Å². The molecule has 0 unspecified atom stereocenters. The van der Waals surface area contributed by atoms with Crippen LogP contribution in [0.25, 0.3) is 0 Å². The van der Waals surface area contributed by atoms with Crippen molar-refractivity contribution in [2.24, 2.45) is 0 Å². The van der Waals surface area contributed by atoms with Gasteiger partial charge in [0.25, 0.3) is 5.91 Å². The lowest BCUT2D eigenvalue weighted by molar-refractivity contribution is -0.136. The van der Waals surface area contributed by atoms with E-state index < -0.39 is 11.5 Å². The molecular weight excluding hydrogens is 386 g/mol. The minimum Gasteiger partial charge on any atom is -0.375 e. The molecule has 5 rings (SSSR count). The smallest absolute Gasteiger partial charge is 0.264 e. The number of amides is 1. The van der Waals surface area contributed by atoms with Crippen LogP contribution in [0.1, 0.15) is 51.9 Å². The maximum atomic E-state index is 13.4. The summed E-state index contributed by atoms with van der Waals surface area (Å²) in [6.07, 6.45) is 4.09. The second-order valence-corrected chi connectivity index (χ2v) is 8.54. The van der Waals surface area contributed by atoms with Gasteiger partial charge in [-0.2, -0.15) is 0 Å². The van der Waals surface area contributed by atoms with E-state index in [0.29, 0.717) is 23.4 Å². The van der Waals surface area contributed by atoms with Gasteiger partial charge < -0.3 is 10.0 Å². The molecule has 0 fully saturated rings. The van der Waals surface area contributed by atoms with Gasteiger partial charge in [-0.05, 0) is 54.5 Å². The number of benzene rings is 3. The van der Waals surface area contributed by atoms with Crippen LogP contribution in [-0.4, -0.2) is 16.8 Å². The van der Waals surface area contributed by atoms with Crippen molar-refractivity contribution in [1.82, 2.24) is 0 Å². The lowest BCUT2D eigenvalue weighted by atomic mass is 9.85. The Morgan fingerprint density at radius 3 is 2.42 bits per heavy atom. The zero-order chi connectivity index (χ0) is 21.4. The van der Waals surface area contributed by atoms with Crippen molar-refractivity contribution < 1.29 is 14.7 Å². The number of aryl methyl sites for hydroxylation is 2. The van der Waals surface area contributed by atoms with Gasteiger partial charge >= 0.3 is 0 Å². The molecule has 1 aliphatic carbocycles. The van der Waals surface area contributed by atoms with Gasteiger partial charge in [-0.3, -0.25) is 9.59 Å². The number of nitrogens with zero attached hydrogens (tertiary/aromatic N) is 1. The molecule has 4 nitrogen and oxygen atoms in total. The van der Waals surface area contributed by atoms with Crippen LogP contribution in [0.3, 0.4) is 0 Å². The number of para-hydroxylation sites is 1. The number of hydrogen-bond acceptors (Lipinski definition) is 3. The third-order valence-corrected chi connectivity index (χ3v) is 6.51. The summed E-state index contributed by atoms with van der Waals surface area (Å²) in [7, 11) is 0. The molecule has 0 saturated heterocycles. The van der Waals surface area contributed by atoms with Gasteiger partial charge in [0.15, 0.2) is 11.4 Å². The van der Waals surface area contributed by atoms with Gasteiger partial charge in [-0.15, -0.1) is 0 Å². The van der Waals surface area contributed by atoms with E-state index in [-0.39, 0.29) is 12.2 Å². The monoisotopic (exact) mass is 411 g/mol. The molecule has 1 atom stereocenters. The molecule has 1 aliphatic heterocycles. The van der Waals surface area contributed by atoms with Gasteiger partial charge in [0.2, 0.25) is 0 Å². The molecule has 156 valence electrons. The first kappa shape index (κ1) is 19.7. The molecule has 31 heavy (non-hydrogen) atoms. The van der Waals surface area contributed by atoms with Crippen molar-refractivity contribution in [2.75, 3.05) is 4.90 Å². The Morgan fingerprint density at radius 1 is 0.903 bits per heavy atom. The summed E-state index contributed by atoms with van der Waals surface area (Å²) < 4.78 is 0. The van der Waals surface area contributed by atoms with Crippen LogP contribution in [0, 0.1) is 0 Å². The van der Waals surface area contributed by atoms with E-state index in [0.717, 1.165) is 24.8 Å². The van der Waals surface area contributed by atoms with Gasteiger partial charge in [-0.25, -0.2) is 0 Å². The lowest BCUT2D eigenvalue weighted by Gasteiger charge is -2.23. The first-order valence-electron chi connectivity index (χ1n) is 10.9. The zero-order valence-corrected chi connectivity index (χ0v) is 17.4. The Bertz CT molecular complexity index is 1150. The highest BCUT2D eigenvalue weighted by atomic mass is 16.3. The predicted molar refractivity (Wildman–Crippen MR) is 120 cm³/mol. The minimum absolute atomic E-state index is 0.208. The summed E-state index contributed by atoms with van der Waals surface area (Å²) in [4.78, 5) is 28.2. The highest BCUT2D eigenvalue weighted by molar-refractivity contribution is 6.10. The van der Waals surface area contributed by atoms with Crippen molar-refractivity contribution in [3.8, 4) is 0 Å². The van der Waals surface area contributed by atoms with E-state index in [1.54, 1.807) is 17.0 Å². The van der Waals surface area contributed by atoms with Gasteiger partial charge in [-0.1, -0.05) is 60.7 Å². The maximum absolute atomic E-state index is 13.4. The van der Waals surface area contributed by atoms with E-state index in [4.69, 9.17) is 0 Å². The topological polar surface area (TPSA) is 57.6 Å². The van der Waals surface area contributed by atoms with E-state index in [1.807, 2.05) is 60.7 Å². The Morgan fingerprint density at radius 2 is 1.61 bits per heavy atom. The number of aliphatic hydroxyl groups is 1. The van der Waals surface area contributed by atoms with Crippen LogP contribution in [0.15, 0.2) is 72.8 Å². The summed E-state index contributed by atoms with van der Waals surface area (Å²) in [6.45, 7) is 0.353. The van der Waals surface area contributed by atoms with Crippen molar-refractivity contribution in [3.63, 3.8) is 0 Å². The van der Waals surface area contributed by atoms with E-state index >= 15 is 0 Å². The Hall–Kier alpha value is -3.24. The predicted octanol–water partition coefficient (Wildman–Crippen LogP) is 4.57. The molecule has 1 amide bonds. The number of carbonyl (C=O) groups excluding carboxylic acids is 2. The van der Waals surface area contributed by atoms with Crippen molar-refractivity contribution in [2.45, 2.75) is 44.2 Å². The second-order valence-electron chi connectivity index (χ2n) is 8.54. The molecule has 1 N–H and O–H groups in total.